The van der Waals surface area contributed by atoms with Gasteiger partial charge in [0.2, 0.25) is 5.91 Å². The Morgan fingerprint density at radius 3 is 2.70 bits per heavy atom. The molecule has 0 spiro atoms. The molecule has 1 aromatic carbocycles. The van der Waals surface area contributed by atoms with Crippen molar-refractivity contribution in [3.63, 3.8) is 0 Å². The molecule has 1 saturated carbocycles. The number of nitriles is 2. The fourth-order valence-electron chi connectivity index (χ4n) is 5.30. The normalized spacial score (nSPS) is 24.8. The Kier molecular flexibility index (Phi) is 5.26. The molecule has 3 heterocycles. The second-order valence-corrected chi connectivity index (χ2v) is 9.24. The van der Waals surface area contributed by atoms with Crippen LogP contribution >= 0.6 is 0 Å². The van der Waals surface area contributed by atoms with Gasteiger partial charge in [0.05, 0.1) is 28.8 Å². The van der Waals surface area contributed by atoms with Gasteiger partial charge < -0.3 is 14.5 Å². The van der Waals surface area contributed by atoms with E-state index in [0.29, 0.717) is 43.0 Å². The number of amides is 1. The number of carbonyl (C=O) groups is 1. The highest BCUT2D eigenvalue weighted by molar-refractivity contribution is 5.78. The Labute approximate surface area is 192 Å². The van der Waals surface area contributed by atoms with Crippen molar-refractivity contribution in [3.8, 4) is 12.1 Å². The third-order valence-corrected chi connectivity index (χ3v) is 7.15. The van der Waals surface area contributed by atoms with Crippen molar-refractivity contribution in [2.24, 2.45) is 5.92 Å². The average molecular weight is 445 g/mol. The number of hydrogen-bond acceptors (Lipinski definition) is 6. The predicted molar refractivity (Wildman–Crippen MR) is 117 cm³/mol. The minimum atomic E-state index is -0.672. The number of aromatic nitrogens is 1. The molecule has 8 heteroatoms. The molecule has 2 saturated heterocycles. The van der Waals surface area contributed by atoms with Crippen molar-refractivity contribution in [2.75, 3.05) is 24.6 Å². The molecule has 1 aliphatic carbocycles. The number of carbonyl (C=O) groups excluding carboxylic acids is 1. The lowest BCUT2D eigenvalue weighted by molar-refractivity contribution is -0.140. The molecule has 168 valence electrons. The van der Waals surface area contributed by atoms with Crippen molar-refractivity contribution in [2.45, 2.75) is 43.9 Å². The van der Waals surface area contributed by atoms with E-state index in [1.165, 1.54) is 12.1 Å². The number of fused-ring (bicyclic) bond motifs is 2. The molecule has 33 heavy (non-hydrogen) atoms. The van der Waals surface area contributed by atoms with Gasteiger partial charge in [0.1, 0.15) is 24.3 Å². The number of nitrogens with zero attached hydrogens (tertiary/aromatic N) is 5. The van der Waals surface area contributed by atoms with E-state index in [4.69, 9.17) is 10.00 Å². The molecule has 2 aromatic rings. The van der Waals surface area contributed by atoms with Crippen molar-refractivity contribution in [3.05, 3.63) is 59.0 Å². The third-order valence-electron chi connectivity index (χ3n) is 7.15. The van der Waals surface area contributed by atoms with Gasteiger partial charge in [0.15, 0.2) is 0 Å². The van der Waals surface area contributed by atoms with E-state index in [0.717, 1.165) is 12.2 Å². The van der Waals surface area contributed by atoms with Crippen LogP contribution in [-0.4, -0.2) is 47.6 Å². The van der Waals surface area contributed by atoms with Gasteiger partial charge >= 0.3 is 0 Å². The Bertz CT molecular complexity index is 1160. The first-order valence-electron chi connectivity index (χ1n) is 11.2. The van der Waals surface area contributed by atoms with E-state index in [-0.39, 0.29) is 30.2 Å². The molecular weight excluding hydrogens is 421 g/mol. The molecular formula is C25H24FN5O2. The molecule has 3 aliphatic rings. The summed E-state index contributed by atoms with van der Waals surface area (Å²) in [5.41, 5.74) is 0.773. The summed E-state index contributed by atoms with van der Waals surface area (Å²) in [7, 11) is 0. The van der Waals surface area contributed by atoms with Gasteiger partial charge in [0.25, 0.3) is 0 Å². The predicted octanol–water partition coefficient (Wildman–Crippen LogP) is 3.10. The maximum absolute atomic E-state index is 13.5. The molecule has 5 rings (SSSR count). The Balaban J connectivity index is 1.26. The summed E-state index contributed by atoms with van der Waals surface area (Å²) in [4.78, 5) is 21.7. The van der Waals surface area contributed by atoms with Gasteiger partial charge in [-0.2, -0.15) is 10.5 Å². The molecule has 3 fully saturated rings. The molecule has 0 N–H and O–H groups in total. The van der Waals surface area contributed by atoms with Crippen LogP contribution in [0, 0.1) is 34.4 Å². The smallest absolute Gasteiger partial charge is 0.248 e. The van der Waals surface area contributed by atoms with Gasteiger partial charge in [0, 0.05) is 30.9 Å². The van der Waals surface area contributed by atoms with Crippen molar-refractivity contribution in [1.29, 1.82) is 10.5 Å². The highest BCUT2D eigenvalue weighted by atomic mass is 19.1. The SMILES string of the molecule is C[C@H]1CC2CN(C(=O)COC3(c4ccc(F)cc4C#N)CC3)CC1N2c1ccc(C#N)cn1. The maximum Gasteiger partial charge on any atom is 0.248 e. The maximum atomic E-state index is 13.5. The number of likely N-dealkylation sites (tertiary alicyclic amines) is 1. The first-order chi connectivity index (χ1) is 15.9. The summed E-state index contributed by atoms with van der Waals surface area (Å²) >= 11 is 0. The summed E-state index contributed by atoms with van der Waals surface area (Å²) in [6.45, 7) is 3.32. The van der Waals surface area contributed by atoms with Crippen LogP contribution in [-0.2, 0) is 15.1 Å². The molecule has 2 unspecified atom stereocenters. The van der Waals surface area contributed by atoms with Gasteiger partial charge in [-0.25, -0.2) is 9.37 Å². The average Bonchev–Trinajstić information content (AvgIpc) is 3.59. The largest absolute Gasteiger partial charge is 0.360 e. The minimum absolute atomic E-state index is 0.0643. The van der Waals surface area contributed by atoms with E-state index < -0.39 is 11.4 Å². The summed E-state index contributed by atoms with van der Waals surface area (Å²) in [5.74, 6) is 0.729. The lowest BCUT2D eigenvalue weighted by Gasteiger charge is -2.42. The molecule has 7 nitrogen and oxygen atoms in total. The lowest BCUT2D eigenvalue weighted by Crippen LogP contribution is -2.57. The summed E-state index contributed by atoms with van der Waals surface area (Å²) < 4.78 is 19.6. The second-order valence-electron chi connectivity index (χ2n) is 9.24. The summed E-state index contributed by atoms with van der Waals surface area (Å²) in [6.07, 6.45) is 3.98. The zero-order valence-corrected chi connectivity index (χ0v) is 18.4. The fraction of sp³-hybridized carbons (Fsp3) is 0.440. The van der Waals surface area contributed by atoms with Crippen LogP contribution in [0.25, 0.3) is 0 Å². The first kappa shape index (κ1) is 21.4. The van der Waals surface area contributed by atoms with Crippen molar-refractivity contribution < 1.29 is 13.9 Å². The number of anilines is 1. The van der Waals surface area contributed by atoms with Gasteiger partial charge in [-0.15, -0.1) is 0 Å². The van der Waals surface area contributed by atoms with Crippen LogP contribution in [0.4, 0.5) is 10.2 Å². The van der Waals surface area contributed by atoms with Crippen LogP contribution in [0.5, 0.6) is 0 Å². The first-order valence-corrected chi connectivity index (χ1v) is 11.2. The van der Waals surface area contributed by atoms with E-state index in [1.54, 1.807) is 18.3 Å². The zero-order chi connectivity index (χ0) is 23.2. The van der Waals surface area contributed by atoms with E-state index in [9.17, 15) is 14.4 Å². The fourth-order valence-corrected chi connectivity index (χ4v) is 5.30. The number of pyridine rings is 1. The standard InChI is InChI=1S/C25H24FN5O2/c1-16-8-20-13-30(14-22(16)31(20)23-5-2-17(10-27)12-29-23)24(32)15-33-25(6-7-25)21-4-3-19(26)9-18(21)11-28/h2-5,9,12,16,20,22H,6-8,13-15H2,1H3/t16-,20?,22?/m0/s1. The van der Waals surface area contributed by atoms with Gasteiger partial charge in [-0.05, 0) is 49.4 Å². The monoisotopic (exact) mass is 445 g/mol. The molecule has 2 bridgehead atoms. The van der Waals surface area contributed by atoms with Crippen molar-refractivity contribution in [1.82, 2.24) is 9.88 Å². The van der Waals surface area contributed by atoms with Crippen LogP contribution < -0.4 is 4.90 Å². The van der Waals surface area contributed by atoms with Crippen LogP contribution in [0.15, 0.2) is 36.5 Å². The summed E-state index contributed by atoms with van der Waals surface area (Å²) in [5, 5.41) is 18.4. The van der Waals surface area contributed by atoms with E-state index in [1.807, 2.05) is 17.0 Å². The molecule has 2 aliphatic heterocycles. The van der Waals surface area contributed by atoms with E-state index >= 15 is 0 Å². The van der Waals surface area contributed by atoms with E-state index in [2.05, 4.69) is 22.9 Å². The number of piperazine rings is 1. The minimum Gasteiger partial charge on any atom is -0.360 e. The zero-order valence-electron chi connectivity index (χ0n) is 18.4. The Hall–Kier alpha value is -3.49. The highest BCUT2D eigenvalue weighted by Gasteiger charge is 2.49. The number of hydrogen-bond donors (Lipinski definition) is 0. The molecule has 0 radical (unpaired) electrons. The number of benzene rings is 1. The topological polar surface area (TPSA) is 93.2 Å². The van der Waals surface area contributed by atoms with Crippen molar-refractivity contribution >= 4 is 11.7 Å². The number of ether oxygens (including phenoxy) is 1. The molecule has 3 atom stereocenters. The lowest BCUT2D eigenvalue weighted by atomic mass is 10.0. The Morgan fingerprint density at radius 2 is 2.06 bits per heavy atom. The quantitative estimate of drug-likeness (QED) is 0.702. The second kappa shape index (κ2) is 8.13. The third kappa shape index (κ3) is 3.81. The van der Waals surface area contributed by atoms with Crippen LogP contribution in [0.1, 0.15) is 42.9 Å². The number of halogens is 1. The molecule has 1 amide bonds. The Morgan fingerprint density at radius 1 is 1.24 bits per heavy atom. The van der Waals surface area contributed by atoms with Crippen LogP contribution in [0.3, 0.4) is 0 Å². The van der Waals surface area contributed by atoms with Crippen LogP contribution in [0.2, 0.25) is 0 Å². The summed E-state index contributed by atoms with van der Waals surface area (Å²) in [6, 6.07) is 12.3. The van der Waals surface area contributed by atoms with Gasteiger partial charge in [-0.1, -0.05) is 13.0 Å². The number of rotatable bonds is 5. The molecule has 1 aromatic heterocycles. The highest BCUT2D eigenvalue weighted by Crippen LogP contribution is 2.50. The van der Waals surface area contributed by atoms with Gasteiger partial charge in [-0.3, -0.25) is 4.79 Å².